The second kappa shape index (κ2) is 13.0. The molecule has 3 amide bonds. The third kappa shape index (κ3) is 10.2. The van der Waals surface area contributed by atoms with Crippen LogP contribution >= 0.6 is 0 Å². The summed E-state index contributed by atoms with van der Waals surface area (Å²) in [5.41, 5.74) is -0.601. The second-order valence-corrected chi connectivity index (χ2v) is 7.07. The molecule has 170 valence electrons. The zero-order valence-corrected chi connectivity index (χ0v) is 17.9. The summed E-state index contributed by atoms with van der Waals surface area (Å²) >= 11 is 0. The Morgan fingerprint density at radius 2 is 1.97 bits per heavy atom. The molecule has 0 saturated carbocycles. The standard InChI is InChI=1S/C20H29N5O6/c1-14(26)22-15(7-4-5-9-18(28)29)19(30)23-16-8-6-11-25(20(16)31)13-17(27)21-10-12-24(2)3/h5-6,8-9,11,15H,4,7,10,12-13H2,1-3H3,(H,21,27)(H,22,26)(H,23,30)(H,28,29)/b9-5+. The van der Waals surface area contributed by atoms with Crippen molar-refractivity contribution in [2.24, 2.45) is 0 Å². The average Bonchev–Trinajstić information content (AvgIpc) is 2.66. The fourth-order valence-corrected chi connectivity index (χ4v) is 2.57. The van der Waals surface area contributed by atoms with E-state index in [1.54, 1.807) is 0 Å². The van der Waals surface area contributed by atoms with E-state index in [0.717, 1.165) is 6.08 Å². The van der Waals surface area contributed by atoms with E-state index in [-0.39, 0.29) is 31.0 Å². The van der Waals surface area contributed by atoms with Crippen molar-refractivity contribution in [3.8, 4) is 0 Å². The Balaban J connectivity index is 2.82. The quantitative estimate of drug-likeness (QED) is 0.320. The highest BCUT2D eigenvalue weighted by Gasteiger charge is 2.20. The maximum absolute atomic E-state index is 12.6. The van der Waals surface area contributed by atoms with Crippen LogP contribution in [0.15, 0.2) is 35.3 Å². The molecule has 0 saturated heterocycles. The lowest BCUT2D eigenvalue weighted by Crippen LogP contribution is -2.44. The Kier molecular flexibility index (Phi) is 10.7. The van der Waals surface area contributed by atoms with Crippen LogP contribution in [0.3, 0.4) is 0 Å². The first kappa shape index (κ1) is 25.6. The van der Waals surface area contributed by atoms with E-state index in [1.807, 2.05) is 19.0 Å². The minimum Gasteiger partial charge on any atom is -0.478 e. The fourth-order valence-electron chi connectivity index (χ4n) is 2.57. The summed E-state index contributed by atoms with van der Waals surface area (Å²) in [5, 5.41) is 16.3. The molecular formula is C20H29N5O6. The number of nitrogens with zero attached hydrogens (tertiary/aromatic N) is 2. The van der Waals surface area contributed by atoms with Crippen LogP contribution in [0.25, 0.3) is 0 Å². The number of carbonyl (C=O) groups is 4. The van der Waals surface area contributed by atoms with Crippen LogP contribution in [0, 0.1) is 0 Å². The van der Waals surface area contributed by atoms with Crippen molar-refractivity contribution in [2.45, 2.75) is 32.4 Å². The summed E-state index contributed by atoms with van der Waals surface area (Å²) in [6, 6.07) is 1.96. The lowest BCUT2D eigenvalue weighted by molar-refractivity contribution is -0.131. The number of aliphatic carboxylic acids is 1. The fraction of sp³-hybridized carbons (Fsp3) is 0.450. The van der Waals surface area contributed by atoms with Gasteiger partial charge in [0.1, 0.15) is 18.3 Å². The number of carboxylic acids is 1. The van der Waals surface area contributed by atoms with E-state index in [0.29, 0.717) is 13.1 Å². The van der Waals surface area contributed by atoms with Crippen molar-refractivity contribution in [3.05, 3.63) is 40.8 Å². The Hall–Kier alpha value is -3.47. The number of rotatable bonds is 12. The molecule has 0 aromatic carbocycles. The highest BCUT2D eigenvalue weighted by molar-refractivity contribution is 5.96. The highest BCUT2D eigenvalue weighted by atomic mass is 16.4. The molecule has 0 radical (unpaired) electrons. The number of aromatic nitrogens is 1. The molecule has 11 nitrogen and oxygen atoms in total. The van der Waals surface area contributed by atoms with Gasteiger partial charge in [0.25, 0.3) is 5.56 Å². The topological polar surface area (TPSA) is 150 Å². The van der Waals surface area contributed by atoms with Crippen molar-refractivity contribution < 1.29 is 24.3 Å². The molecule has 1 aromatic rings. The third-order valence-electron chi connectivity index (χ3n) is 4.05. The van der Waals surface area contributed by atoms with Gasteiger partial charge in [-0.1, -0.05) is 6.08 Å². The highest BCUT2D eigenvalue weighted by Crippen LogP contribution is 2.05. The number of carbonyl (C=O) groups excluding carboxylic acids is 3. The molecule has 1 aromatic heterocycles. The SMILES string of the molecule is CC(=O)NC(CC/C=C/C(=O)O)C(=O)Nc1cccn(CC(=O)NCCN(C)C)c1=O. The minimum atomic E-state index is -1.11. The molecule has 0 fully saturated rings. The van der Waals surface area contributed by atoms with Crippen LogP contribution in [0.5, 0.6) is 0 Å². The number of amides is 3. The van der Waals surface area contributed by atoms with E-state index in [9.17, 15) is 24.0 Å². The monoisotopic (exact) mass is 435 g/mol. The van der Waals surface area contributed by atoms with Crippen LogP contribution in [0.4, 0.5) is 5.69 Å². The summed E-state index contributed by atoms with van der Waals surface area (Å²) in [5.74, 6) is -2.52. The summed E-state index contributed by atoms with van der Waals surface area (Å²) in [6.45, 7) is 2.14. The van der Waals surface area contributed by atoms with Gasteiger partial charge >= 0.3 is 5.97 Å². The number of nitrogens with one attached hydrogen (secondary N) is 3. The molecule has 0 aliphatic heterocycles. The molecule has 4 N–H and O–H groups in total. The predicted molar refractivity (Wildman–Crippen MR) is 115 cm³/mol. The van der Waals surface area contributed by atoms with Crippen LogP contribution in [-0.4, -0.2) is 71.5 Å². The minimum absolute atomic E-state index is 0.0370. The van der Waals surface area contributed by atoms with E-state index in [4.69, 9.17) is 5.11 Å². The Morgan fingerprint density at radius 3 is 2.58 bits per heavy atom. The van der Waals surface area contributed by atoms with Gasteiger partial charge < -0.3 is 30.5 Å². The first-order valence-corrected chi connectivity index (χ1v) is 9.68. The van der Waals surface area contributed by atoms with Crippen molar-refractivity contribution in [1.29, 1.82) is 0 Å². The molecular weight excluding hydrogens is 406 g/mol. The van der Waals surface area contributed by atoms with Gasteiger partial charge in [-0.25, -0.2) is 4.79 Å². The van der Waals surface area contributed by atoms with E-state index in [2.05, 4.69) is 16.0 Å². The number of anilines is 1. The summed E-state index contributed by atoms with van der Waals surface area (Å²) < 4.78 is 1.17. The van der Waals surface area contributed by atoms with E-state index < -0.39 is 29.4 Å². The van der Waals surface area contributed by atoms with Crippen LogP contribution in [0.1, 0.15) is 19.8 Å². The molecule has 1 unspecified atom stereocenters. The number of hydrogen-bond acceptors (Lipinski definition) is 6. The van der Waals surface area contributed by atoms with Crippen LogP contribution in [-0.2, 0) is 25.7 Å². The first-order chi connectivity index (χ1) is 14.6. The number of pyridine rings is 1. The number of likely N-dealkylation sites (N-methyl/N-ethyl adjacent to an activating group) is 1. The number of allylic oxidation sites excluding steroid dienone is 1. The van der Waals surface area contributed by atoms with Gasteiger partial charge in [0.15, 0.2) is 0 Å². The first-order valence-electron chi connectivity index (χ1n) is 9.68. The normalized spacial score (nSPS) is 11.9. The Bertz CT molecular complexity index is 877. The van der Waals surface area contributed by atoms with Crippen LogP contribution < -0.4 is 21.5 Å². The van der Waals surface area contributed by atoms with Gasteiger partial charge in [-0.3, -0.25) is 19.2 Å². The maximum atomic E-state index is 12.6. The molecule has 0 bridgehead atoms. The zero-order valence-electron chi connectivity index (χ0n) is 17.9. The molecule has 0 spiro atoms. The average molecular weight is 435 g/mol. The molecule has 1 atom stereocenters. The summed E-state index contributed by atoms with van der Waals surface area (Å²) in [6.07, 6.45) is 4.13. The lowest BCUT2D eigenvalue weighted by atomic mass is 10.1. The maximum Gasteiger partial charge on any atom is 0.327 e. The largest absolute Gasteiger partial charge is 0.478 e. The van der Waals surface area contributed by atoms with Gasteiger partial charge in [-0.05, 0) is 39.1 Å². The van der Waals surface area contributed by atoms with Crippen LogP contribution in [0.2, 0.25) is 0 Å². The molecule has 31 heavy (non-hydrogen) atoms. The van der Waals surface area contributed by atoms with Gasteiger partial charge in [0, 0.05) is 32.3 Å². The Labute approximate surface area is 180 Å². The zero-order chi connectivity index (χ0) is 23.4. The lowest BCUT2D eigenvalue weighted by Gasteiger charge is -2.17. The van der Waals surface area contributed by atoms with Gasteiger partial charge in [-0.2, -0.15) is 0 Å². The molecule has 0 aliphatic rings. The smallest absolute Gasteiger partial charge is 0.327 e. The summed E-state index contributed by atoms with van der Waals surface area (Å²) in [7, 11) is 3.75. The van der Waals surface area contributed by atoms with Crippen molar-refractivity contribution in [2.75, 3.05) is 32.5 Å². The van der Waals surface area contributed by atoms with Crippen molar-refractivity contribution in [3.63, 3.8) is 0 Å². The van der Waals surface area contributed by atoms with Crippen molar-refractivity contribution in [1.82, 2.24) is 20.1 Å². The molecule has 0 aliphatic carbocycles. The van der Waals surface area contributed by atoms with Crippen molar-refractivity contribution >= 4 is 29.4 Å². The van der Waals surface area contributed by atoms with E-state index >= 15 is 0 Å². The molecule has 1 rings (SSSR count). The molecule has 1 heterocycles. The predicted octanol–water partition coefficient (Wildman–Crippen LogP) is -0.610. The Morgan fingerprint density at radius 1 is 1.26 bits per heavy atom. The van der Waals surface area contributed by atoms with Gasteiger partial charge in [0.05, 0.1) is 0 Å². The van der Waals surface area contributed by atoms with Gasteiger partial charge in [-0.15, -0.1) is 0 Å². The third-order valence-corrected chi connectivity index (χ3v) is 4.05. The van der Waals surface area contributed by atoms with E-state index in [1.165, 1.54) is 35.9 Å². The second-order valence-electron chi connectivity index (χ2n) is 7.07. The van der Waals surface area contributed by atoms with Gasteiger partial charge in [0.2, 0.25) is 17.7 Å². The summed E-state index contributed by atoms with van der Waals surface area (Å²) in [4.78, 5) is 61.0. The number of hydrogen-bond donors (Lipinski definition) is 4. The molecule has 11 heteroatoms. The number of carboxylic acid groups (broad SMARTS) is 1.